The maximum absolute atomic E-state index is 13.3. The Labute approximate surface area is 189 Å². The number of amides is 1. The van der Waals surface area contributed by atoms with Gasteiger partial charge in [0.15, 0.2) is 11.4 Å². The highest BCUT2D eigenvalue weighted by atomic mass is 79.9. The number of nitrogens with zero attached hydrogens (tertiary/aromatic N) is 1. The molecule has 0 aromatic heterocycles. The summed E-state index contributed by atoms with van der Waals surface area (Å²) < 4.78 is 6.56. The average Bonchev–Trinajstić information content (AvgIpc) is 2.96. The molecule has 1 aliphatic heterocycles. The van der Waals surface area contributed by atoms with E-state index in [9.17, 15) is 14.7 Å². The van der Waals surface area contributed by atoms with E-state index in [1.54, 1.807) is 36.4 Å². The molecule has 1 N–H and O–H groups in total. The molecule has 158 valence electrons. The normalized spacial score (nSPS) is 17.5. The number of anilines is 1. The summed E-state index contributed by atoms with van der Waals surface area (Å²) in [6, 6.07) is 21.6. The van der Waals surface area contributed by atoms with Crippen molar-refractivity contribution in [2.75, 3.05) is 18.1 Å². The molecule has 6 heteroatoms. The maximum atomic E-state index is 13.3. The second-order valence-corrected chi connectivity index (χ2v) is 8.53. The second kappa shape index (κ2) is 8.65. The lowest BCUT2D eigenvalue weighted by atomic mass is 9.88. The number of ether oxygens (including phenoxy) is 1. The van der Waals surface area contributed by atoms with Crippen LogP contribution in [0.2, 0.25) is 0 Å². The van der Waals surface area contributed by atoms with Gasteiger partial charge in [0.2, 0.25) is 0 Å². The highest BCUT2D eigenvalue weighted by Gasteiger charge is 2.50. The fourth-order valence-corrected chi connectivity index (χ4v) is 4.25. The number of carbonyl (C=O) groups excluding carboxylic acids is 2. The molecule has 0 saturated heterocycles. The van der Waals surface area contributed by atoms with Gasteiger partial charge in [0, 0.05) is 15.6 Å². The number of carbonyl (C=O) groups is 2. The lowest BCUT2D eigenvalue weighted by Gasteiger charge is -2.23. The summed E-state index contributed by atoms with van der Waals surface area (Å²) in [6.07, 6.45) is -0.325. The minimum atomic E-state index is -1.90. The molecule has 3 aromatic rings. The highest BCUT2D eigenvalue weighted by molar-refractivity contribution is 9.10. The number of halogens is 1. The average molecular weight is 480 g/mol. The summed E-state index contributed by atoms with van der Waals surface area (Å²) >= 11 is 3.35. The van der Waals surface area contributed by atoms with Crippen LogP contribution < -0.4 is 9.64 Å². The zero-order valence-electron chi connectivity index (χ0n) is 17.0. The summed E-state index contributed by atoms with van der Waals surface area (Å²) in [5, 5.41) is 11.4. The van der Waals surface area contributed by atoms with Crippen LogP contribution in [0.25, 0.3) is 0 Å². The number of para-hydroxylation sites is 1. The molecule has 0 bridgehead atoms. The van der Waals surface area contributed by atoms with Gasteiger partial charge in [-0.3, -0.25) is 9.59 Å². The monoisotopic (exact) mass is 479 g/mol. The molecule has 0 aliphatic carbocycles. The van der Waals surface area contributed by atoms with Crippen molar-refractivity contribution in [3.05, 3.63) is 94.0 Å². The molecule has 31 heavy (non-hydrogen) atoms. The van der Waals surface area contributed by atoms with Crippen LogP contribution in [0.3, 0.4) is 0 Å². The highest BCUT2D eigenvalue weighted by Crippen LogP contribution is 2.42. The minimum Gasteiger partial charge on any atom is -0.492 e. The van der Waals surface area contributed by atoms with Gasteiger partial charge in [-0.05, 0) is 42.8 Å². The number of Topliss-reactive ketones (excluding diaryl/α,β-unsaturated/α-hetero) is 1. The van der Waals surface area contributed by atoms with Gasteiger partial charge in [0.1, 0.15) is 12.4 Å². The molecule has 4 rings (SSSR count). The van der Waals surface area contributed by atoms with E-state index in [0.29, 0.717) is 16.8 Å². The quantitative estimate of drug-likeness (QED) is 0.501. The fraction of sp³-hybridized carbons (Fsp3) is 0.200. The summed E-state index contributed by atoms with van der Waals surface area (Å²) in [6.45, 7) is 2.51. The van der Waals surface area contributed by atoms with Crippen molar-refractivity contribution >= 4 is 33.3 Å². The van der Waals surface area contributed by atoms with E-state index in [1.807, 2.05) is 43.3 Å². The van der Waals surface area contributed by atoms with Crippen LogP contribution in [-0.4, -0.2) is 29.9 Å². The third kappa shape index (κ3) is 4.27. The molecule has 1 unspecified atom stereocenters. The third-order valence-electron chi connectivity index (χ3n) is 5.38. The number of fused-ring (bicyclic) bond motifs is 1. The molecule has 1 atom stereocenters. The first-order chi connectivity index (χ1) is 14.9. The molecular weight excluding hydrogens is 458 g/mol. The van der Waals surface area contributed by atoms with E-state index < -0.39 is 11.5 Å². The number of benzene rings is 3. The van der Waals surface area contributed by atoms with E-state index in [0.717, 1.165) is 15.8 Å². The van der Waals surface area contributed by atoms with E-state index in [4.69, 9.17) is 4.74 Å². The smallest absolute Gasteiger partial charge is 0.264 e. The molecule has 5 nitrogen and oxygen atoms in total. The van der Waals surface area contributed by atoms with Gasteiger partial charge in [-0.15, -0.1) is 0 Å². The predicted molar refractivity (Wildman–Crippen MR) is 122 cm³/mol. The van der Waals surface area contributed by atoms with Crippen molar-refractivity contribution in [2.45, 2.75) is 18.9 Å². The van der Waals surface area contributed by atoms with Gasteiger partial charge >= 0.3 is 0 Å². The largest absolute Gasteiger partial charge is 0.492 e. The van der Waals surface area contributed by atoms with Crippen molar-refractivity contribution < 1.29 is 19.4 Å². The Kier molecular flexibility index (Phi) is 5.94. The van der Waals surface area contributed by atoms with Gasteiger partial charge < -0.3 is 14.7 Å². The summed E-state index contributed by atoms with van der Waals surface area (Å²) in [5.41, 5.74) is 0.665. The van der Waals surface area contributed by atoms with E-state index in [1.165, 1.54) is 4.90 Å². The van der Waals surface area contributed by atoms with Crippen LogP contribution in [0.15, 0.2) is 77.3 Å². The van der Waals surface area contributed by atoms with Crippen LogP contribution >= 0.6 is 15.9 Å². The first-order valence-corrected chi connectivity index (χ1v) is 10.8. The van der Waals surface area contributed by atoms with Crippen LogP contribution in [0.5, 0.6) is 5.75 Å². The minimum absolute atomic E-state index is 0.261. The Morgan fingerprint density at radius 3 is 2.61 bits per heavy atom. The van der Waals surface area contributed by atoms with Crippen LogP contribution in [-0.2, 0) is 10.4 Å². The lowest BCUT2D eigenvalue weighted by molar-refractivity contribution is -0.135. The Bertz CT molecular complexity index is 1150. The van der Waals surface area contributed by atoms with Gasteiger partial charge in [-0.2, -0.15) is 0 Å². The Morgan fingerprint density at radius 1 is 1.06 bits per heavy atom. The van der Waals surface area contributed by atoms with Crippen molar-refractivity contribution in [1.29, 1.82) is 0 Å². The van der Waals surface area contributed by atoms with Crippen LogP contribution in [0.1, 0.15) is 27.9 Å². The predicted octanol–water partition coefficient (Wildman–Crippen LogP) is 4.64. The van der Waals surface area contributed by atoms with Gasteiger partial charge in [0.25, 0.3) is 5.91 Å². The molecular formula is C25H22BrNO4. The van der Waals surface area contributed by atoms with Crippen molar-refractivity contribution in [1.82, 2.24) is 0 Å². The zero-order valence-corrected chi connectivity index (χ0v) is 18.6. The van der Waals surface area contributed by atoms with E-state index in [2.05, 4.69) is 15.9 Å². The molecule has 1 amide bonds. The first kappa shape index (κ1) is 21.3. The van der Waals surface area contributed by atoms with Crippen molar-refractivity contribution in [3.8, 4) is 5.75 Å². The Hall–Kier alpha value is -2.96. The topological polar surface area (TPSA) is 66.8 Å². The van der Waals surface area contributed by atoms with E-state index in [-0.39, 0.29) is 25.4 Å². The SMILES string of the molecule is Cc1cccc(OCCN2C(=O)C(O)(CC(=O)c3cccc(Br)c3)c3ccccc32)c1. The summed E-state index contributed by atoms with van der Waals surface area (Å²) in [7, 11) is 0. The van der Waals surface area contributed by atoms with Crippen LogP contribution in [0, 0.1) is 6.92 Å². The number of aliphatic hydroxyl groups is 1. The van der Waals surface area contributed by atoms with Gasteiger partial charge in [0.05, 0.1) is 18.7 Å². The fourth-order valence-electron chi connectivity index (χ4n) is 3.86. The lowest BCUT2D eigenvalue weighted by Crippen LogP contribution is -2.43. The second-order valence-electron chi connectivity index (χ2n) is 7.61. The van der Waals surface area contributed by atoms with E-state index >= 15 is 0 Å². The summed E-state index contributed by atoms with van der Waals surface area (Å²) in [5.74, 6) is -0.0882. The Balaban J connectivity index is 1.54. The standard InChI is InChI=1S/C25H22BrNO4/c1-17-6-4-9-20(14-17)31-13-12-27-22-11-3-2-10-21(22)25(30,24(27)29)16-23(28)18-7-5-8-19(26)15-18/h2-11,14-15,30H,12-13,16H2,1H3. The first-order valence-electron chi connectivity index (χ1n) is 10.0. The number of hydrogen-bond donors (Lipinski definition) is 1. The molecule has 3 aromatic carbocycles. The number of ketones is 1. The van der Waals surface area contributed by atoms with Gasteiger partial charge in [-0.25, -0.2) is 0 Å². The Morgan fingerprint density at radius 2 is 1.84 bits per heavy atom. The molecule has 0 radical (unpaired) electrons. The molecule has 1 heterocycles. The number of hydrogen-bond acceptors (Lipinski definition) is 4. The summed E-state index contributed by atoms with van der Waals surface area (Å²) in [4.78, 5) is 27.6. The third-order valence-corrected chi connectivity index (χ3v) is 5.87. The van der Waals surface area contributed by atoms with Crippen molar-refractivity contribution in [3.63, 3.8) is 0 Å². The van der Waals surface area contributed by atoms with Crippen LogP contribution in [0.4, 0.5) is 5.69 Å². The molecule has 1 aliphatic rings. The molecule has 0 fully saturated rings. The van der Waals surface area contributed by atoms with Gasteiger partial charge in [-0.1, -0.05) is 58.4 Å². The van der Waals surface area contributed by atoms with Crippen molar-refractivity contribution in [2.24, 2.45) is 0 Å². The molecule has 0 spiro atoms. The zero-order chi connectivity index (χ0) is 22.0. The maximum Gasteiger partial charge on any atom is 0.264 e. The number of rotatable bonds is 7. The number of aryl methyl sites for hydroxylation is 1. The molecule has 0 saturated carbocycles.